The van der Waals surface area contributed by atoms with E-state index >= 15 is 0 Å². The smallest absolute Gasteiger partial charge is 0.228 e. The van der Waals surface area contributed by atoms with Gasteiger partial charge in [0.2, 0.25) is 5.91 Å². The predicted molar refractivity (Wildman–Crippen MR) is 87.3 cm³/mol. The molecule has 0 aliphatic rings. The van der Waals surface area contributed by atoms with Crippen LogP contribution in [0.3, 0.4) is 0 Å². The van der Waals surface area contributed by atoms with Crippen LogP contribution in [-0.4, -0.2) is 12.5 Å². The quantitative estimate of drug-likeness (QED) is 0.855. The number of nitrogens with one attached hydrogen (secondary N) is 1. The summed E-state index contributed by atoms with van der Waals surface area (Å²) in [5, 5.41) is 2.96. The number of carbonyl (C=O) groups excluding carboxylic acids is 1. The minimum atomic E-state index is 0.0107. The van der Waals surface area contributed by atoms with Gasteiger partial charge in [-0.1, -0.05) is 42.0 Å². The van der Waals surface area contributed by atoms with E-state index in [1.165, 1.54) is 11.1 Å². The van der Waals surface area contributed by atoms with Crippen LogP contribution in [0.4, 0.5) is 5.69 Å². The van der Waals surface area contributed by atoms with Crippen LogP contribution >= 0.6 is 0 Å². The molecule has 0 aromatic heterocycles. The van der Waals surface area contributed by atoms with Gasteiger partial charge < -0.3 is 11.1 Å². The molecule has 0 bridgehead atoms. The molecule has 2 aromatic rings. The Morgan fingerprint density at radius 3 is 2.62 bits per heavy atom. The second-order valence-corrected chi connectivity index (χ2v) is 5.31. The maximum atomic E-state index is 12.1. The van der Waals surface area contributed by atoms with Gasteiger partial charge in [0.15, 0.2) is 0 Å². The number of carbonyl (C=O) groups is 1. The Balaban J connectivity index is 1.96. The molecule has 0 unspecified atom stereocenters. The summed E-state index contributed by atoms with van der Waals surface area (Å²) in [6.45, 7) is 2.71. The minimum Gasteiger partial charge on any atom is -0.330 e. The number of anilines is 1. The number of nitrogens with two attached hydrogens (primary N) is 1. The average Bonchev–Trinajstić information content (AvgIpc) is 2.45. The predicted octanol–water partition coefficient (Wildman–Crippen LogP) is 3.07. The summed E-state index contributed by atoms with van der Waals surface area (Å²) in [4.78, 5) is 12.1. The molecule has 3 nitrogen and oxygen atoms in total. The van der Waals surface area contributed by atoms with Gasteiger partial charge >= 0.3 is 0 Å². The number of rotatable bonds is 6. The summed E-state index contributed by atoms with van der Waals surface area (Å²) in [7, 11) is 0. The molecule has 0 saturated heterocycles. The van der Waals surface area contributed by atoms with Gasteiger partial charge in [0.1, 0.15) is 0 Å². The van der Waals surface area contributed by atoms with Gasteiger partial charge in [0, 0.05) is 5.69 Å². The van der Waals surface area contributed by atoms with Gasteiger partial charge in [-0.3, -0.25) is 4.79 Å². The number of aryl methyl sites for hydroxylation is 2. The molecule has 2 rings (SSSR count). The van der Waals surface area contributed by atoms with Crippen LogP contribution in [-0.2, 0) is 17.6 Å². The number of hydrogen-bond donors (Lipinski definition) is 2. The summed E-state index contributed by atoms with van der Waals surface area (Å²) in [6, 6.07) is 16.0. The Kier molecular flexibility index (Phi) is 5.52. The molecule has 2 aromatic carbocycles. The molecule has 0 heterocycles. The van der Waals surface area contributed by atoms with E-state index in [9.17, 15) is 4.79 Å². The van der Waals surface area contributed by atoms with Gasteiger partial charge in [0.25, 0.3) is 0 Å². The third kappa shape index (κ3) is 5.04. The fraction of sp³-hybridized carbons (Fsp3) is 0.278. The Morgan fingerprint density at radius 1 is 1.10 bits per heavy atom. The van der Waals surface area contributed by atoms with Gasteiger partial charge in [-0.25, -0.2) is 0 Å². The third-order valence-electron chi connectivity index (χ3n) is 3.33. The first kappa shape index (κ1) is 15.3. The fourth-order valence-corrected chi connectivity index (χ4v) is 2.32. The molecule has 0 atom stereocenters. The summed E-state index contributed by atoms with van der Waals surface area (Å²) < 4.78 is 0. The second-order valence-electron chi connectivity index (χ2n) is 5.31. The molecular formula is C18H22N2O. The van der Waals surface area contributed by atoms with E-state index in [1.54, 1.807) is 0 Å². The highest BCUT2D eigenvalue weighted by molar-refractivity contribution is 5.92. The molecule has 0 aliphatic heterocycles. The van der Waals surface area contributed by atoms with Crippen LogP contribution in [0.1, 0.15) is 23.1 Å². The number of amides is 1. The maximum absolute atomic E-state index is 12.1. The molecule has 0 fully saturated rings. The zero-order valence-electron chi connectivity index (χ0n) is 12.4. The lowest BCUT2D eigenvalue weighted by Crippen LogP contribution is -2.14. The highest BCUT2D eigenvalue weighted by atomic mass is 16.1. The third-order valence-corrected chi connectivity index (χ3v) is 3.33. The molecular weight excluding hydrogens is 260 g/mol. The van der Waals surface area contributed by atoms with E-state index in [4.69, 9.17) is 5.73 Å². The van der Waals surface area contributed by atoms with Crippen LogP contribution in [0.25, 0.3) is 0 Å². The molecule has 1 amide bonds. The topological polar surface area (TPSA) is 55.1 Å². The molecule has 0 aliphatic carbocycles. The molecule has 0 spiro atoms. The van der Waals surface area contributed by atoms with Crippen molar-refractivity contribution < 1.29 is 4.79 Å². The summed E-state index contributed by atoms with van der Waals surface area (Å²) in [5.74, 6) is 0.0107. The van der Waals surface area contributed by atoms with Crippen molar-refractivity contribution in [3.05, 3.63) is 65.2 Å². The van der Waals surface area contributed by atoms with Crippen molar-refractivity contribution in [2.24, 2.45) is 5.73 Å². The Morgan fingerprint density at radius 2 is 1.86 bits per heavy atom. The lowest BCUT2D eigenvalue weighted by Gasteiger charge is -2.08. The Bertz CT molecular complexity index is 608. The van der Waals surface area contributed by atoms with Crippen LogP contribution in [0.5, 0.6) is 0 Å². The van der Waals surface area contributed by atoms with Crippen molar-refractivity contribution in [2.75, 3.05) is 11.9 Å². The van der Waals surface area contributed by atoms with E-state index in [0.29, 0.717) is 13.0 Å². The normalized spacial score (nSPS) is 10.4. The van der Waals surface area contributed by atoms with Gasteiger partial charge in [-0.15, -0.1) is 0 Å². The maximum Gasteiger partial charge on any atom is 0.228 e. The summed E-state index contributed by atoms with van der Waals surface area (Å²) >= 11 is 0. The van der Waals surface area contributed by atoms with Crippen molar-refractivity contribution in [3.63, 3.8) is 0 Å². The first-order valence-electron chi connectivity index (χ1n) is 7.32. The highest BCUT2D eigenvalue weighted by Gasteiger charge is 2.05. The zero-order chi connectivity index (χ0) is 15.1. The molecule has 0 saturated carbocycles. The van der Waals surface area contributed by atoms with Crippen LogP contribution in [0.2, 0.25) is 0 Å². The van der Waals surface area contributed by atoms with Crippen molar-refractivity contribution in [2.45, 2.75) is 26.2 Å². The van der Waals surface area contributed by atoms with E-state index in [-0.39, 0.29) is 5.91 Å². The average molecular weight is 282 g/mol. The number of benzene rings is 2. The first-order valence-corrected chi connectivity index (χ1v) is 7.32. The second kappa shape index (κ2) is 7.60. The molecule has 0 radical (unpaired) electrons. The molecule has 3 N–H and O–H groups in total. The Hall–Kier alpha value is -2.13. The Labute approximate surface area is 126 Å². The molecule has 21 heavy (non-hydrogen) atoms. The van der Waals surface area contributed by atoms with E-state index in [1.807, 2.05) is 49.4 Å². The molecule has 110 valence electrons. The van der Waals surface area contributed by atoms with E-state index < -0.39 is 0 Å². The molecule has 3 heteroatoms. The fourth-order valence-electron chi connectivity index (χ4n) is 2.32. The highest BCUT2D eigenvalue weighted by Crippen LogP contribution is 2.13. The standard InChI is InChI=1S/C18H22N2O/c1-14-5-2-7-16(11-14)13-18(21)20-17-9-3-6-15(12-17)8-4-10-19/h2-3,5-7,9,11-12H,4,8,10,13,19H2,1H3,(H,20,21). The van der Waals surface area contributed by atoms with Crippen LogP contribution in [0.15, 0.2) is 48.5 Å². The summed E-state index contributed by atoms with van der Waals surface area (Å²) in [6.07, 6.45) is 2.30. The van der Waals surface area contributed by atoms with Crippen molar-refractivity contribution in [1.29, 1.82) is 0 Å². The largest absolute Gasteiger partial charge is 0.330 e. The van der Waals surface area contributed by atoms with Crippen molar-refractivity contribution >= 4 is 11.6 Å². The van der Waals surface area contributed by atoms with Gasteiger partial charge in [0.05, 0.1) is 6.42 Å². The zero-order valence-corrected chi connectivity index (χ0v) is 12.4. The lowest BCUT2D eigenvalue weighted by atomic mass is 10.1. The van der Waals surface area contributed by atoms with Crippen molar-refractivity contribution in [3.8, 4) is 0 Å². The monoisotopic (exact) mass is 282 g/mol. The lowest BCUT2D eigenvalue weighted by molar-refractivity contribution is -0.115. The van der Waals surface area contributed by atoms with Gasteiger partial charge in [-0.2, -0.15) is 0 Å². The van der Waals surface area contributed by atoms with Crippen LogP contribution in [0, 0.1) is 6.92 Å². The number of hydrogen-bond acceptors (Lipinski definition) is 2. The van der Waals surface area contributed by atoms with Gasteiger partial charge in [-0.05, 0) is 49.6 Å². The first-order chi connectivity index (χ1) is 10.2. The van der Waals surface area contributed by atoms with Crippen LogP contribution < -0.4 is 11.1 Å². The van der Waals surface area contributed by atoms with Crippen molar-refractivity contribution in [1.82, 2.24) is 0 Å². The SMILES string of the molecule is Cc1cccc(CC(=O)Nc2cccc(CCCN)c2)c1. The summed E-state index contributed by atoms with van der Waals surface area (Å²) in [5.41, 5.74) is 9.78. The minimum absolute atomic E-state index is 0.0107. The van der Waals surface area contributed by atoms with E-state index in [2.05, 4.69) is 11.4 Å². The van der Waals surface area contributed by atoms with E-state index in [0.717, 1.165) is 24.1 Å².